The molecule has 4 aromatic heterocycles. The number of hydrogen-bond acceptors (Lipinski definition) is 6. The summed E-state index contributed by atoms with van der Waals surface area (Å²) in [6.07, 6.45) is 12.6. The molecule has 1 N–H and O–H groups in total. The van der Waals surface area contributed by atoms with Crippen LogP contribution in [0.1, 0.15) is 37.3 Å². The number of aromatic nitrogens is 7. The van der Waals surface area contributed by atoms with E-state index in [9.17, 15) is 5.11 Å². The number of fused-ring (bicyclic) bond motifs is 2. The molecular weight excluding hydrogens is 402 g/mol. The van der Waals surface area contributed by atoms with Crippen LogP contribution in [-0.4, -0.2) is 45.5 Å². The molecule has 1 fully saturated rings. The smallest absolute Gasteiger partial charge is 0.164 e. The quantitative estimate of drug-likeness (QED) is 0.471. The number of benzene rings is 1. The topological polar surface area (TPSA) is 94.5 Å². The van der Waals surface area contributed by atoms with Crippen molar-refractivity contribution in [2.75, 3.05) is 0 Å². The molecule has 1 aliphatic rings. The van der Waals surface area contributed by atoms with Gasteiger partial charge in [-0.3, -0.25) is 9.67 Å². The summed E-state index contributed by atoms with van der Waals surface area (Å²) in [5.41, 5.74) is 4.61. The highest BCUT2D eigenvalue weighted by molar-refractivity contribution is 5.79. The van der Waals surface area contributed by atoms with E-state index in [1.165, 1.54) is 0 Å². The first-order valence-corrected chi connectivity index (χ1v) is 11.0. The average molecular weight is 425 g/mol. The molecular formula is C24H23N7O. The van der Waals surface area contributed by atoms with Crippen molar-refractivity contribution >= 4 is 22.1 Å². The Bertz CT molecular complexity index is 1400. The molecule has 0 unspecified atom stereocenters. The maximum atomic E-state index is 9.76. The van der Waals surface area contributed by atoms with Gasteiger partial charge in [-0.15, -0.1) is 0 Å². The van der Waals surface area contributed by atoms with Gasteiger partial charge < -0.3 is 9.67 Å². The van der Waals surface area contributed by atoms with Crippen molar-refractivity contribution in [1.82, 2.24) is 34.3 Å². The van der Waals surface area contributed by atoms with E-state index in [1.54, 1.807) is 6.20 Å². The number of pyridine rings is 1. The summed E-state index contributed by atoms with van der Waals surface area (Å²) in [7, 11) is 0. The zero-order valence-corrected chi connectivity index (χ0v) is 17.5. The van der Waals surface area contributed by atoms with Crippen molar-refractivity contribution in [3.8, 4) is 11.4 Å². The van der Waals surface area contributed by atoms with E-state index in [0.717, 1.165) is 58.9 Å². The summed E-state index contributed by atoms with van der Waals surface area (Å²) < 4.78 is 4.04. The van der Waals surface area contributed by atoms with Gasteiger partial charge in [-0.05, 0) is 49.4 Å². The van der Waals surface area contributed by atoms with Gasteiger partial charge in [0.15, 0.2) is 11.5 Å². The minimum absolute atomic E-state index is 0.175. The SMILES string of the molecule is OC1CCC(n2cc(-c3ncc4ncn(Cc5ccc6ncccc6c5)c4n3)cn2)CC1. The van der Waals surface area contributed by atoms with Crippen molar-refractivity contribution in [1.29, 1.82) is 0 Å². The highest BCUT2D eigenvalue weighted by atomic mass is 16.3. The number of nitrogens with zero attached hydrogens (tertiary/aromatic N) is 7. The molecule has 1 saturated carbocycles. The van der Waals surface area contributed by atoms with Crippen molar-refractivity contribution in [2.45, 2.75) is 44.4 Å². The first-order valence-electron chi connectivity index (χ1n) is 11.0. The second kappa shape index (κ2) is 7.80. The maximum Gasteiger partial charge on any atom is 0.164 e. The van der Waals surface area contributed by atoms with Gasteiger partial charge in [-0.25, -0.2) is 15.0 Å². The predicted octanol–water partition coefficient (Wildman–Crippen LogP) is 3.76. The Morgan fingerprint density at radius 2 is 1.88 bits per heavy atom. The molecule has 0 atom stereocenters. The van der Waals surface area contributed by atoms with Gasteiger partial charge in [-0.2, -0.15) is 5.10 Å². The molecule has 0 bridgehead atoms. The zero-order valence-electron chi connectivity index (χ0n) is 17.5. The molecule has 0 amide bonds. The Labute approximate surface area is 184 Å². The molecule has 4 heterocycles. The fourth-order valence-electron chi connectivity index (χ4n) is 4.51. The first kappa shape index (κ1) is 19.1. The van der Waals surface area contributed by atoms with Crippen LogP contribution in [0.3, 0.4) is 0 Å². The van der Waals surface area contributed by atoms with Crippen LogP contribution in [0.2, 0.25) is 0 Å². The zero-order chi connectivity index (χ0) is 21.5. The molecule has 160 valence electrons. The monoisotopic (exact) mass is 425 g/mol. The third-order valence-electron chi connectivity index (χ3n) is 6.28. The summed E-state index contributed by atoms with van der Waals surface area (Å²) in [5.74, 6) is 0.643. The lowest BCUT2D eigenvalue weighted by molar-refractivity contribution is 0.108. The summed E-state index contributed by atoms with van der Waals surface area (Å²) in [6, 6.07) is 10.6. The van der Waals surface area contributed by atoms with Gasteiger partial charge in [0, 0.05) is 17.8 Å². The van der Waals surface area contributed by atoms with Gasteiger partial charge in [0.1, 0.15) is 5.52 Å². The van der Waals surface area contributed by atoms with Crippen LogP contribution in [0.5, 0.6) is 0 Å². The highest BCUT2D eigenvalue weighted by Crippen LogP contribution is 2.29. The van der Waals surface area contributed by atoms with Gasteiger partial charge >= 0.3 is 0 Å². The molecule has 8 heteroatoms. The molecule has 8 nitrogen and oxygen atoms in total. The average Bonchev–Trinajstić information content (AvgIpc) is 3.47. The molecule has 1 aliphatic carbocycles. The first-order chi connectivity index (χ1) is 15.7. The number of imidazole rings is 1. The van der Waals surface area contributed by atoms with Crippen molar-refractivity contribution in [3.63, 3.8) is 0 Å². The van der Waals surface area contributed by atoms with Gasteiger partial charge in [-0.1, -0.05) is 12.1 Å². The van der Waals surface area contributed by atoms with Gasteiger partial charge in [0.25, 0.3) is 0 Å². The number of aliphatic hydroxyl groups is 1. The van der Waals surface area contributed by atoms with Crippen LogP contribution in [0.4, 0.5) is 0 Å². The van der Waals surface area contributed by atoms with Crippen LogP contribution >= 0.6 is 0 Å². The van der Waals surface area contributed by atoms with Crippen molar-refractivity contribution in [3.05, 3.63) is 67.0 Å². The third-order valence-corrected chi connectivity index (χ3v) is 6.28. The Kier molecular flexibility index (Phi) is 4.65. The van der Waals surface area contributed by atoms with E-state index in [-0.39, 0.29) is 6.10 Å². The third kappa shape index (κ3) is 3.52. The fourth-order valence-corrected chi connectivity index (χ4v) is 4.51. The van der Waals surface area contributed by atoms with Crippen molar-refractivity contribution in [2.24, 2.45) is 0 Å². The normalized spacial score (nSPS) is 19.0. The second-order valence-electron chi connectivity index (χ2n) is 8.48. The molecule has 32 heavy (non-hydrogen) atoms. The Balaban J connectivity index is 1.29. The minimum Gasteiger partial charge on any atom is -0.393 e. The number of aliphatic hydroxyl groups excluding tert-OH is 1. The molecule has 6 rings (SSSR count). The van der Waals surface area contributed by atoms with E-state index in [2.05, 4.69) is 38.2 Å². The molecule has 0 spiro atoms. The van der Waals surface area contributed by atoms with E-state index < -0.39 is 0 Å². The Morgan fingerprint density at radius 3 is 2.78 bits per heavy atom. The lowest BCUT2D eigenvalue weighted by Gasteiger charge is -2.25. The maximum absolute atomic E-state index is 9.76. The Morgan fingerprint density at radius 1 is 0.969 bits per heavy atom. The number of hydrogen-bond donors (Lipinski definition) is 1. The van der Waals surface area contributed by atoms with Crippen LogP contribution in [0.15, 0.2) is 61.4 Å². The van der Waals surface area contributed by atoms with Gasteiger partial charge in [0.05, 0.1) is 48.5 Å². The predicted molar refractivity (Wildman–Crippen MR) is 121 cm³/mol. The summed E-state index contributed by atoms with van der Waals surface area (Å²) >= 11 is 0. The largest absolute Gasteiger partial charge is 0.393 e. The fraction of sp³-hybridized carbons (Fsp3) is 0.292. The van der Waals surface area contributed by atoms with Crippen LogP contribution in [-0.2, 0) is 6.54 Å². The van der Waals surface area contributed by atoms with E-state index >= 15 is 0 Å². The van der Waals surface area contributed by atoms with Crippen LogP contribution < -0.4 is 0 Å². The van der Waals surface area contributed by atoms with E-state index in [1.807, 2.05) is 46.3 Å². The molecule has 1 aromatic carbocycles. The molecule has 0 radical (unpaired) electrons. The summed E-state index contributed by atoms with van der Waals surface area (Å²) in [6.45, 7) is 0.668. The lowest BCUT2D eigenvalue weighted by atomic mass is 9.93. The highest BCUT2D eigenvalue weighted by Gasteiger charge is 2.22. The van der Waals surface area contributed by atoms with E-state index in [0.29, 0.717) is 18.4 Å². The summed E-state index contributed by atoms with van der Waals surface area (Å²) in [5, 5.41) is 15.4. The van der Waals surface area contributed by atoms with E-state index in [4.69, 9.17) is 4.98 Å². The lowest BCUT2D eigenvalue weighted by Crippen LogP contribution is -2.21. The second-order valence-corrected chi connectivity index (χ2v) is 8.48. The molecule has 0 aliphatic heterocycles. The summed E-state index contributed by atoms with van der Waals surface area (Å²) in [4.78, 5) is 18.2. The van der Waals surface area contributed by atoms with Crippen LogP contribution in [0.25, 0.3) is 33.5 Å². The molecule has 0 saturated heterocycles. The standard InChI is InChI=1S/C24H23N7O/c32-20-6-4-19(5-7-20)31-14-18(11-28-31)23-26-12-22-24(29-23)30(15-27-22)13-16-3-8-21-17(10-16)2-1-9-25-21/h1-3,8-12,14-15,19-20,32H,4-7,13H2. The van der Waals surface area contributed by atoms with Crippen LogP contribution in [0, 0.1) is 0 Å². The molecule has 5 aromatic rings. The van der Waals surface area contributed by atoms with Crippen molar-refractivity contribution < 1.29 is 5.11 Å². The Hall–Kier alpha value is -3.65. The van der Waals surface area contributed by atoms with Gasteiger partial charge in [0.2, 0.25) is 0 Å². The number of rotatable bonds is 4. The minimum atomic E-state index is -0.175.